The maximum absolute atomic E-state index is 12.7. The number of phosphoric ester groups is 1. The van der Waals surface area contributed by atoms with Crippen LogP contribution in [0.25, 0.3) is 0 Å². The van der Waals surface area contributed by atoms with Crippen LogP contribution in [0.5, 0.6) is 0 Å². The Labute approximate surface area is 377 Å². The number of unbranched alkanes of at least 4 members (excludes halogenated alkanes) is 13. The molecule has 0 aliphatic carbocycles. The number of ketones is 1. The number of esters is 2. The number of carbonyl (C=O) groups is 3. The Morgan fingerprint density at radius 2 is 1.03 bits per heavy atom. The van der Waals surface area contributed by atoms with Crippen molar-refractivity contribution in [2.45, 2.75) is 174 Å². The van der Waals surface area contributed by atoms with Crippen LogP contribution in [0, 0.1) is 0 Å². The Kier molecular flexibility index (Phi) is 39.7. The van der Waals surface area contributed by atoms with Crippen molar-refractivity contribution < 1.29 is 46.8 Å². The average Bonchev–Trinajstić information content (AvgIpc) is 3.22. The predicted molar refractivity (Wildman–Crippen MR) is 254 cm³/mol. The summed E-state index contributed by atoms with van der Waals surface area (Å²) < 4.78 is 33.8. The zero-order chi connectivity index (χ0) is 45.8. The van der Waals surface area contributed by atoms with Crippen LogP contribution in [-0.2, 0) is 37.5 Å². The second kappa shape index (κ2) is 41.8. The largest absolute Gasteiger partial charge is 0.756 e. The van der Waals surface area contributed by atoms with Crippen molar-refractivity contribution in [1.29, 1.82) is 0 Å². The first kappa shape index (κ1) is 58.9. The first-order valence-electron chi connectivity index (χ1n) is 23.7. The van der Waals surface area contributed by atoms with E-state index in [9.17, 15) is 23.8 Å². The predicted octanol–water partition coefficient (Wildman–Crippen LogP) is 12.5. The molecule has 0 spiro atoms. The molecule has 0 amide bonds. The first-order valence-corrected chi connectivity index (χ1v) is 25.2. The molecule has 0 fully saturated rings. The third-order valence-corrected chi connectivity index (χ3v) is 10.6. The lowest BCUT2D eigenvalue weighted by molar-refractivity contribution is -0.870. The molecular formula is C51H86NO9P. The van der Waals surface area contributed by atoms with Gasteiger partial charge < -0.3 is 27.9 Å². The number of quaternary nitrogens is 1. The topological polar surface area (TPSA) is 128 Å². The van der Waals surface area contributed by atoms with Crippen molar-refractivity contribution in [2.24, 2.45) is 0 Å². The average molecular weight is 888 g/mol. The number of ether oxygens (including phenoxy) is 2. The van der Waals surface area contributed by atoms with E-state index in [4.69, 9.17) is 18.5 Å². The van der Waals surface area contributed by atoms with E-state index in [1.165, 1.54) is 32.1 Å². The fraction of sp³-hybridized carbons (Fsp3) is 0.667. The van der Waals surface area contributed by atoms with E-state index in [2.05, 4.69) is 62.5 Å². The molecule has 0 heterocycles. The van der Waals surface area contributed by atoms with Gasteiger partial charge in [0.15, 0.2) is 11.9 Å². The van der Waals surface area contributed by atoms with E-state index >= 15 is 0 Å². The van der Waals surface area contributed by atoms with Gasteiger partial charge in [0.2, 0.25) is 0 Å². The summed E-state index contributed by atoms with van der Waals surface area (Å²) >= 11 is 0. The SMILES string of the molecule is CCCCCC/C=C\C/C=C\C/C=C\CCCCCCCCC(=O)O[C@H](COC(=O)CCC/C=C\C/C=C\C/C=C\C=C\C(=O)CCCCC)COP(=O)([O-])OCC[N+](C)(C)C. The van der Waals surface area contributed by atoms with E-state index in [0.29, 0.717) is 36.7 Å². The molecule has 0 bridgehead atoms. The Hall–Kier alpha value is -3.14. The van der Waals surface area contributed by atoms with Crippen LogP contribution < -0.4 is 4.89 Å². The van der Waals surface area contributed by atoms with Crippen molar-refractivity contribution in [1.82, 2.24) is 0 Å². The van der Waals surface area contributed by atoms with Gasteiger partial charge >= 0.3 is 11.9 Å². The Morgan fingerprint density at radius 3 is 1.63 bits per heavy atom. The molecule has 0 saturated carbocycles. The Morgan fingerprint density at radius 1 is 0.548 bits per heavy atom. The number of likely N-dealkylation sites (N-methyl/N-ethyl adjacent to an activating group) is 1. The molecule has 0 aromatic rings. The highest BCUT2D eigenvalue weighted by molar-refractivity contribution is 7.45. The van der Waals surface area contributed by atoms with Gasteiger partial charge in [0.25, 0.3) is 7.82 Å². The van der Waals surface area contributed by atoms with Gasteiger partial charge in [-0.25, -0.2) is 0 Å². The lowest BCUT2D eigenvalue weighted by Gasteiger charge is -2.28. The van der Waals surface area contributed by atoms with Gasteiger partial charge in [-0.2, -0.15) is 0 Å². The molecule has 62 heavy (non-hydrogen) atoms. The molecular weight excluding hydrogens is 802 g/mol. The van der Waals surface area contributed by atoms with E-state index in [-0.39, 0.29) is 31.8 Å². The van der Waals surface area contributed by atoms with Crippen LogP contribution in [0.1, 0.15) is 168 Å². The second-order valence-electron chi connectivity index (χ2n) is 16.8. The summed E-state index contributed by atoms with van der Waals surface area (Å²) in [6.07, 6.45) is 50.2. The van der Waals surface area contributed by atoms with Crippen molar-refractivity contribution in [3.63, 3.8) is 0 Å². The highest BCUT2D eigenvalue weighted by Crippen LogP contribution is 2.38. The lowest BCUT2D eigenvalue weighted by Crippen LogP contribution is -2.37. The molecule has 0 rings (SSSR count). The van der Waals surface area contributed by atoms with Crippen LogP contribution in [-0.4, -0.2) is 75.8 Å². The minimum atomic E-state index is -4.66. The summed E-state index contributed by atoms with van der Waals surface area (Å²) in [5.41, 5.74) is 0. The molecule has 0 aliphatic rings. The summed E-state index contributed by atoms with van der Waals surface area (Å²) in [6, 6.07) is 0. The fourth-order valence-corrected chi connectivity index (χ4v) is 6.57. The van der Waals surface area contributed by atoms with E-state index < -0.39 is 32.5 Å². The summed E-state index contributed by atoms with van der Waals surface area (Å²) in [5.74, 6) is -0.789. The van der Waals surface area contributed by atoms with Crippen molar-refractivity contribution >= 4 is 25.5 Å². The molecule has 0 aromatic carbocycles. The fourth-order valence-electron chi connectivity index (χ4n) is 5.84. The zero-order valence-electron chi connectivity index (χ0n) is 39.5. The smallest absolute Gasteiger partial charge is 0.306 e. The normalized spacial score (nSPS) is 14.2. The third-order valence-electron chi connectivity index (χ3n) is 9.61. The number of allylic oxidation sites excluding steroid dienone is 14. The molecule has 0 aromatic heterocycles. The molecule has 0 aliphatic heterocycles. The van der Waals surface area contributed by atoms with Crippen LogP contribution in [0.3, 0.4) is 0 Å². The lowest BCUT2D eigenvalue weighted by atomic mass is 10.1. The maximum atomic E-state index is 12.7. The van der Waals surface area contributed by atoms with Gasteiger partial charge in [0, 0.05) is 19.3 Å². The molecule has 0 saturated heterocycles. The summed E-state index contributed by atoms with van der Waals surface area (Å²) in [5, 5.41) is 0. The van der Waals surface area contributed by atoms with Crippen molar-refractivity contribution in [3.8, 4) is 0 Å². The monoisotopic (exact) mass is 888 g/mol. The van der Waals surface area contributed by atoms with Crippen molar-refractivity contribution in [3.05, 3.63) is 85.1 Å². The zero-order valence-corrected chi connectivity index (χ0v) is 40.4. The number of hydrogen-bond donors (Lipinski definition) is 0. The van der Waals surface area contributed by atoms with Crippen LogP contribution in [0.15, 0.2) is 85.1 Å². The highest BCUT2D eigenvalue weighted by atomic mass is 31.2. The van der Waals surface area contributed by atoms with Crippen LogP contribution >= 0.6 is 7.82 Å². The third kappa shape index (κ3) is 44.9. The highest BCUT2D eigenvalue weighted by Gasteiger charge is 2.21. The second-order valence-corrected chi connectivity index (χ2v) is 18.2. The molecule has 0 N–H and O–H groups in total. The van der Waals surface area contributed by atoms with Gasteiger partial charge in [-0.3, -0.25) is 18.9 Å². The number of phosphoric acid groups is 1. The van der Waals surface area contributed by atoms with Gasteiger partial charge in [-0.05, 0) is 83.1 Å². The number of carbonyl (C=O) groups excluding carboxylic acids is 3. The minimum absolute atomic E-state index is 0.0566. The van der Waals surface area contributed by atoms with Gasteiger partial charge in [0.05, 0.1) is 27.7 Å². The summed E-state index contributed by atoms with van der Waals surface area (Å²) in [7, 11) is 1.08. The van der Waals surface area contributed by atoms with E-state index in [1.54, 1.807) is 12.2 Å². The van der Waals surface area contributed by atoms with Crippen LogP contribution in [0.4, 0.5) is 0 Å². The molecule has 11 heteroatoms. The summed E-state index contributed by atoms with van der Waals surface area (Å²) in [4.78, 5) is 49.3. The quantitative estimate of drug-likeness (QED) is 0.0112. The van der Waals surface area contributed by atoms with Gasteiger partial charge in [0.1, 0.15) is 19.8 Å². The Balaban J connectivity index is 4.48. The molecule has 354 valence electrons. The van der Waals surface area contributed by atoms with Gasteiger partial charge in [-0.15, -0.1) is 0 Å². The van der Waals surface area contributed by atoms with E-state index in [1.807, 2.05) is 45.4 Å². The van der Waals surface area contributed by atoms with Gasteiger partial charge in [-0.1, -0.05) is 151 Å². The number of rotatable bonds is 42. The van der Waals surface area contributed by atoms with E-state index in [0.717, 1.165) is 83.5 Å². The number of hydrogen-bond acceptors (Lipinski definition) is 9. The Bertz CT molecular complexity index is 1390. The standard InChI is InChI=1S/C51H86NO9P/c1-6-8-10-11-12-13-14-15-16-17-18-19-20-21-22-25-29-32-35-39-43-51(55)61-49(47-60-62(56,57)59-45-44-52(3,4)5)46-58-50(54)42-38-34-31-28-26-23-24-27-30-33-37-41-48(53)40-36-9-7-2/h13-14,16-17,19-20,23-24,28,30-31,33,37,41,49H,6-12,15,18,21-22,25-27,29,32,34-36,38-40,42-47H2,1-5H3/b14-13-,17-16-,20-19-,24-23-,31-28-,33-30-,41-37+/t49-/m1/s1. The van der Waals surface area contributed by atoms with Crippen molar-refractivity contribution in [2.75, 3.05) is 47.5 Å². The maximum Gasteiger partial charge on any atom is 0.306 e. The molecule has 2 atom stereocenters. The first-order chi connectivity index (χ1) is 29.9. The number of nitrogens with zero attached hydrogens (tertiary/aromatic N) is 1. The van der Waals surface area contributed by atoms with Crippen LogP contribution in [0.2, 0.25) is 0 Å². The minimum Gasteiger partial charge on any atom is -0.756 e. The molecule has 1 unspecified atom stereocenters. The molecule has 10 nitrogen and oxygen atoms in total. The molecule has 0 radical (unpaired) electrons. The summed E-state index contributed by atoms with van der Waals surface area (Å²) in [6.45, 7) is 3.93.